The van der Waals surface area contributed by atoms with Gasteiger partial charge in [0, 0.05) is 19.8 Å². The van der Waals surface area contributed by atoms with Crippen molar-refractivity contribution in [2.75, 3.05) is 25.6 Å². The van der Waals surface area contributed by atoms with Crippen molar-refractivity contribution in [3.63, 3.8) is 0 Å². The molecule has 0 unspecified atom stereocenters. The average Bonchev–Trinajstić information content (AvgIpc) is 2.72. The molecule has 0 aromatic heterocycles. The van der Waals surface area contributed by atoms with Crippen LogP contribution >= 0.6 is 0 Å². The predicted molar refractivity (Wildman–Crippen MR) is 135 cm³/mol. The van der Waals surface area contributed by atoms with Gasteiger partial charge in [-0.3, -0.25) is 4.79 Å². The summed E-state index contributed by atoms with van der Waals surface area (Å²) in [6, 6.07) is 0. The Bertz CT molecular complexity index is 543. The molecule has 0 fully saturated rings. The van der Waals surface area contributed by atoms with Gasteiger partial charge >= 0.3 is 0 Å². The molecule has 0 rings (SSSR count). The second-order valence-corrected chi connectivity index (χ2v) is 11.5. The fourth-order valence-electron chi connectivity index (χ4n) is 3.71. The molecule has 0 saturated carbocycles. The molecule has 31 heavy (non-hydrogen) atoms. The Hall–Kier alpha value is -0.840. The largest absolute Gasteiger partial charge is 0.341 e. The lowest BCUT2D eigenvalue weighted by molar-refractivity contribution is -0.124. The Balaban J connectivity index is 3.34. The number of nitrogens with zero attached hydrogens (tertiary/aromatic N) is 1. The van der Waals surface area contributed by atoms with Gasteiger partial charge in [-0.25, -0.2) is 8.42 Å². The van der Waals surface area contributed by atoms with Crippen LogP contribution in [-0.2, 0) is 14.6 Å². The van der Waals surface area contributed by atoms with E-state index >= 15 is 0 Å². The minimum atomic E-state index is -3.03. The Labute approximate surface area is 194 Å². The van der Waals surface area contributed by atoms with Crippen molar-refractivity contribution in [2.24, 2.45) is 0 Å². The maximum atomic E-state index is 11.9. The Morgan fingerprint density at radius 2 is 1.10 bits per heavy atom. The molecular weight excluding hydrogens is 406 g/mol. The minimum absolute atomic E-state index is 0.0161. The first-order valence-corrected chi connectivity index (χ1v) is 15.0. The maximum absolute atomic E-state index is 11.9. The molecule has 4 nitrogen and oxygen atoms in total. The fourth-order valence-corrected chi connectivity index (χ4v) is 4.32. The second-order valence-electron chi connectivity index (χ2n) is 9.24. The third-order valence-corrected chi connectivity index (χ3v) is 6.83. The molecule has 0 atom stereocenters. The minimum Gasteiger partial charge on any atom is -0.341 e. The molecule has 0 saturated heterocycles. The van der Waals surface area contributed by atoms with E-state index in [1.54, 1.807) is 13.1 Å². The summed E-state index contributed by atoms with van der Waals surface area (Å²) in [7, 11) is -1.38. The molecule has 0 aromatic carbocycles. The number of sulfone groups is 1. The van der Waals surface area contributed by atoms with Crippen LogP contribution in [0, 0.1) is 0 Å². The van der Waals surface area contributed by atoms with Crippen molar-refractivity contribution in [1.29, 1.82) is 0 Å². The summed E-state index contributed by atoms with van der Waals surface area (Å²) >= 11 is 0. The second kappa shape index (κ2) is 21.0. The van der Waals surface area contributed by atoms with Gasteiger partial charge in [-0.1, -0.05) is 116 Å². The Morgan fingerprint density at radius 3 is 1.48 bits per heavy atom. The zero-order valence-electron chi connectivity index (χ0n) is 20.9. The van der Waals surface area contributed by atoms with E-state index in [4.69, 9.17) is 0 Å². The summed E-state index contributed by atoms with van der Waals surface area (Å²) in [6.45, 7) is 2.53. The standard InChI is InChI=1S/C26H51NO3S/c1-4-5-6-7-8-9-10-11-12-13-14-15-16-17-18-19-20-21-22-23-26(28)27(2)24-25-31(3,29)30/h22-23H,4-21,24-25H2,1-3H3/b23-22+. The van der Waals surface area contributed by atoms with Gasteiger partial charge in [-0.2, -0.15) is 0 Å². The van der Waals surface area contributed by atoms with E-state index in [0.717, 1.165) is 12.8 Å². The monoisotopic (exact) mass is 457 g/mol. The van der Waals surface area contributed by atoms with E-state index < -0.39 is 9.84 Å². The molecule has 0 radical (unpaired) electrons. The molecule has 0 aliphatic carbocycles. The Morgan fingerprint density at radius 1 is 0.710 bits per heavy atom. The van der Waals surface area contributed by atoms with Crippen LogP contribution in [0.15, 0.2) is 12.2 Å². The third kappa shape index (κ3) is 23.6. The first kappa shape index (κ1) is 30.2. The number of carbonyl (C=O) groups excluding carboxylic acids is 1. The number of amides is 1. The molecule has 0 aromatic rings. The molecule has 1 amide bonds. The zero-order valence-corrected chi connectivity index (χ0v) is 21.7. The number of unbranched alkanes of at least 4 members (excludes halogenated alkanes) is 17. The SMILES string of the molecule is CCCCCCCCCCCCCCCCCCC/C=C/C(=O)N(C)CCS(C)(=O)=O. The van der Waals surface area contributed by atoms with E-state index in [1.165, 1.54) is 114 Å². The van der Waals surface area contributed by atoms with E-state index in [9.17, 15) is 13.2 Å². The van der Waals surface area contributed by atoms with Crippen LogP contribution in [-0.4, -0.2) is 44.8 Å². The molecule has 0 bridgehead atoms. The van der Waals surface area contributed by atoms with E-state index in [-0.39, 0.29) is 18.2 Å². The molecule has 0 heterocycles. The summed E-state index contributed by atoms with van der Waals surface area (Å²) in [6.07, 6.45) is 28.9. The van der Waals surface area contributed by atoms with Gasteiger partial charge in [0.05, 0.1) is 5.75 Å². The molecule has 0 aliphatic rings. The van der Waals surface area contributed by atoms with Crippen LogP contribution in [0.5, 0.6) is 0 Å². The van der Waals surface area contributed by atoms with Crippen molar-refractivity contribution >= 4 is 15.7 Å². The van der Waals surface area contributed by atoms with E-state index in [2.05, 4.69) is 6.92 Å². The molecule has 0 aliphatic heterocycles. The average molecular weight is 458 g/mol. The lowest BCUT2D eigenvalue weighted by atomic mass is 10.0. The summed E-state index contributed by atoms with van der Waals surface area (Å²) in [5.41, 5.74) is 0. The van der Waals surface area contributed by atoms with Gasteiger partial charge in [0.15, 0.2) is 0 Å². The maximum Gasteiger partial charge on any atom is 0.246 e. The van der Waals surface area contributed by atoms with Crippen molar-refractivity contribution in [1.82, 2.24) is 4.90 Å². The lowest BCUT2D eigenvalue weighted by Crippen LogP contribution is -2.29. The first-order chi connectivity index (χ1) is 14.9. The number of allylic oxidation sites excluding steroid dienone is 1. The number of hydrogen-bond donors (Lipinski definition) is 0. The van der Waals surface area contributed by atoms with Crippen LogP contribution < -0.4 is 0 Å². The molecule has 184 valence electrons. The molecule has 5 heteroatoms. The van der Waals surface area contributed by atoms with Gasteiger partial charge in [-0.15, -0.1) is 0 Å². The summed E-state index contributed by atoms with van der Waals surface area (Å²) in [5, 5.41) is 0. The quantitative estimate of drug-likeness (QED) is 0.129. The lowest BCUT2D eigenvalue weighted by Gasteiger charge is -2.13. The summed E-state index contributed by atoms with van der Waals surface area (Å²) in [5.74, 6) is -0.0990. The third-order valence-electron chi connectivity index (χ3n) is 5.91. The highest BCUT2D eigenvalue weighted by atomic mass is 32.2. The van der Waals surface area contributed by atoms with Crippen molar-refractivity contribution < 1.29 is 13.2 Å². The molecular formula is C26H51NO3S. The van der Waals surface area contributed by atoms with E-state index in [0.29, 0.717) is 0 Å². The van der Waals surface area contributed by atoms with Crippen LogP contribution in [0.1, 0.15) is 122 Å². The first-order valence-electron chi connectivity index (χ1n) is 13.0. The van der Waals surface area contributed by atoms with Gasteiger partial charge < -0.3 is 4.90 Å². The fraction of sp³-hybridized carbons (Fsp3) is 0.885. The smallest absolute Gasteiger partial charge is 0.246 e. The van der Waals surface area contributed by atoms with Gasteiger partial charge in [0.25, 0.3) is 0 Å². The van der Waals surface area contributed by atoms with Crippen LogP contribution in [0.25, 0.3) is 0 Å². The van der Waals surface area contributed by atoms with Gasteiger partial charge in [0.1, 0.15) is 9.84 Å². The summed E-state index contributed by atoms with van der Waals surface area (Å²) < 4.78 is 22.3. The highest BCUT2D eigenvalue weighted by molar-refractivity contribution is 7.90. The number of hydrogen-bond acceptors (Lipinski definition) is 3. The summed E-state index contributed by atoms with van der Waals surface area (Å²) in [4.78, 5) is 13.4. The van der Waals surface area contributed by atoms with Crippen LogP contribution in [0.3, 0.4) is 0 Å². The molecule has 0 spiro atoms. The van der Waals surface area contributed by atoms with Crippen molar-refractivity contribution in [3.05, 3.63) is 12.2 Å². The predicted octanol–water partition coefficient (Wildman–Crippen LogP) is 7.09. The van der Waals surface area contributed by atoms with Gasteiger partial charge in [0.2, 0.25) is 5.91 Å². The number of likely N-dealkylation sites (N-methyl/N-ethyl adjacent to an activating group) is 1. The van der Waals surface area contributed by atoms with Gasteiger partial charge in [-0.05, 0) is 18.9 Å². The highest BCUT2D eigenvalue weighted by Crippen LogP contribution is 2.14. The van der Waals surface area contributed by atoms with Crippen molar-refractivity contribution in [2.45, 2.75) is 122 Å². The molecule has 0 N–H and O–H groups in total. The van der Waals surface area contributed by atoms with Crippen molar-refractivity contribution in [3.8, 4) is 0 Å². The highest BCUT2D eigenvalue weighted by Gasteiger charge is 2.08. The Kier molecular flexibility index (Phi) is 20.5. The van der Waals surface area contributed by atoms with Crippen LogP contribution in [0.2, 0.25) is 0 Å². The number of rotatable bonds is 22. The topological polar surface area (TPSA) is 54.5 Å². The zero-order chi connectivity index (χ0) is 23.2. The van der Waals surface area contributed by atoms with E-state index in [1.807, 2.05) is 6.08 Å². The van der Waals surface area contributed by atoms with Crippen LogP contribution in [0.4, 0.5) is 0 Å². The number of carbonyl (C=O) groups is 1. The normalized spacial score (nSPS) is 12.0.